The summed E-state index contributed by atoms with van der Waals surface area (Å²) in [5.41, 5.74) is 6.14. The fourth-order valence-electron chi connectivity index (χ4n) is 1.95. The average Bonchev–Trinajstić information content (AvgIpc) is 2.58. The molecule has 0 atom stereocenters. The smallest absolute Gasteiger partial charge is 0.252 e. The molecule has 6 nitrogen and oxygen atoms in total. The normalized spacial score (nSPS) is 9.74. The number of nitrogens with two attached hydrogens (primary N) is 1. The van der Waals surface area contributed by atoms with Crippen LogP contribution in [0.2, 0.25) is 0 Å². The molecule has 2 N–H and O–H groups in total. The maximum absolute atomic E-state index is 11.4. The quantitative estimate of drug-likeness (QED) is 0.790. The fraction of sp³-hybridized carbons (Fsp3) is 0.176. The molecule has 0 spiro atoms. The molecule has 0 saturated carbocycles. The number of nitriles is 1. The molecule has 0 fully saturated rings. The van der Waals surface area contributed by atoms with Gasteiger partial charge in [-0.25, -0.2) is 0 Å². The van der Waals surface area contributed by atoms with Gasteiger partial charge in [0.05, 0.1) is 24.3 Å². The number of nitrogens with zero attached hydrogens (tertiary/aromatic N) is 1. The lowest BCUT2D eigenvalue weighted by Gasteiger charge is -2.14. The van der Waals surface area contributed by atoms with E-state index in [-0.39, 0.29) is 18.8 Å². The number of rotatable bonds is 7. The molecule has 0 aliphatic rings. The third kappa shape index (κ3) is 4.14. The number of hydrogen-bond donors (Lipinski definition) is 1. The third-order valence-electron chi connectivity index (χ3n) is 3.05. The Morgan fingerprint density at radius 3 is 2.43 bits per heavy atom. The molecule has 0 aliphatic carbocycles. The van der Waals surface area contributed by atoms with E-state index in [0.717, 1.165) is 0 Å². The van der Waals surface area contributed by atoms with Crippen molar-refractivity contribution in [2.75, 3.05) is 20.3 Å². The van der Waals surface area contributed by atoms with E-state index in [9.17, 15) is 4.79 Å². The van der Waals surface area contributed by atoms with Crippen LogP contribution in [-0.4, -0.2) is 26.2 Å². The van der Waals surface area contributed by atoms with Gasteiger partial charge >= 0.3 is 0 Å². The van der Waals surface area contributed by atoms with Crippen LogP contribution in [0.15, 0.2) is 42.5 Å². The Morgan fingerprint density at radius 2 is 1.83 bits per heavy atom. The van der Waals surface area contributed by atoms with Crippen molar-refractivity contribution in [3.63, 3.8) is 0 Å². The largest absolute Gasteiger partial charge is 0.493 e. The van der Waals surface area contributed by atoms with Crippen molar-refractivity contribution in [3.05, 3.63) is 53.6 Å². The minimum Gasteiger partial charge on any atom is -0.493 e. The van der Waals surface area contributed by atoms with Gasteiger partial charge in [0, 0.05) is 0 Å². The van der Waals surface area contributed by atoms with E-state index in [0.29, 0.717) is 22.8 Å². The van der Waals surface area contributed by atoms with E-state index < -0.39 is 5.91 Å². The summed E-state index contributed by atoms with van der Waals surface area (Å²) in [5.74, 6) is 0.764. The van der Waals surface area contributed by atoms with Crippen molar-refractivity contribution in [3.8, 4) is 23.3 Å². The zero-order valence-electron chi connectivity index (χ0n) is 12.6. The summed E-state index contributed by atoms with van der Waals surface area (Å²) in [6.07, 6.45) is 0. The molecule has 2 aromatic carbocycles. The second kappa shape index (κ2) is 7.71. The van der Waals surface area contributed by atoms with E-state index in [1.807, 2.05) is 6.07 Å². The molecular weight excluding hydrogens is 296 g/mol. The molecule has 2 rings (SSSR count). The van der Waals surface area contributed by atoms with Crippen LogP contribution < -0.4 is 19.9 Å². The van der Waals surface area contributed by atoms with Crippen LogP contribution in [0, 0.1) is 11.3 Å². The first-order chi connectivity index (χ1) is 11.2. The van der Waals surface area contributed by atoms with E-state index in [2.05, 4.69) is 0 Å². The molecular formula is C17H16N2O4. The molecule has 0 aromatic heterocycles. The van der Waals surface area contributed by atoms with Crippen molar-refractivity contribution >= 4 is 5.91 Å². The van der Waals surface area contributed by atoms with Crippen molar-refractivity contribution in [2.45, 2.75) is 0 Å². The van der Waals surface area contributed by atoms with Crippen molar-refractivity contribution in [1.29, 1.82) is 5.26 Å². The lowest BCUT2D eigenvalue weighted by Crippen LogP contribution is -2.16. The van der Waals surface area contributed by atoms with E-state index in [1.54, 1.807) is 42.5 Å². The van der Waals surface area contributed by atoms with Gasteiger partial charge in [0.15, 0.2) is 11.5 Å². The minimum atomic E-state index is -0.591. The first-order valence-electron chi connectivity index (χ1n) is 6.88. The number of benzene rings is 2. The summed E-state index contributed by atoms with van der Waals surface area (Å²) in [4.78, 5) is 11.4. The minimum absolute atomic E-state index is 0.209. The van der Waals surface area contributed by atoms with Gasteiger partial charge in [-0.05, 0) is 36.4 Å². The summed E-state index contributed by atoms with van der Waals surface area (Å²) < 4.78 is 16.3. The lowest BCUT2D eigenvalue weighted by atomic mass is 10.2. The van der Waals surface area contributed by atoms with Gasteiger partial charge in [0.25, 0.3) is 5.91 Å². The topological polar surface area (TPSA) is 94.6 Å². The number of ether oxygens (including phenoxy) is 3. The maximum atomic E-state index is 11.4. The highest BCUT2D eigenvalue weighted by Gasteiger charge is 2.14. The zero-order valence-corrected chi connectivity index (χ0v) is 12.6. The van der Waals surface area contributed by atoms with Crippen molar-refractivity contribution in [2.24, 2.45) is 5.73 Å². The molecule has 23 heavy (non-hydrogen) atoms. The molecule has 6 heteroatoms. The van der Waals surface area contributed by atoms with Gasteiger partial charge < -0.3 is 19.9 Å². The highest BCUT2D eigenvalue weighted by atomic mass is 16.5. The van der Waals surface area contributed by atoms with Gasteiger partial charge in [0.2, 0.25) is 0 Å². The molecule has 0 heterocycles. The van der Waals surface area contributed by atoms with Crippen LogP contribution in [0.1, 0.15) is 15.9 Å². The number of hydrogen-bond acceptors (Lipinski definition) is 5. The van der Waals surface area contributed by atoms with Gasteiger partial charge in [-0.3, -0.25) is 4.79 Å². The Morgan fingerprint density at radius 1 is 1.13 bits per heavy atom. The SMILES string of the molecule is COc1cccc(C(N)=O)c1OCCOc1ccc(C#N)cc1. The summed E-state index contributed by atoms with van der Waals surface area (Å²) in [6.45, 7) is 0.475. The monoisotopic (exact) mass is 312 g/mol. The Bertz CT molecular complexity index is 720. The number of primary amides is 1. The summed E-state index contributed by atoms with van der Waals surface area (Å²) >= 11 is 0. The highest BCUT2D eigenvalue weighted by molar-refractivity contribution is 5.96. The highest BCUT2D eigenvalue weighted by Crippen LogP contribution is 2.30. The molecule has 0 saturated heterocycles. The molecule has 0 radical (unpaired) electrons. The molecule has 0 aliphatic heterocycles. The third-order valence-corrected chi connectivity index (χ3v) is 3.05. The predicted octanol–water partition coefficient (Wildman–Crippen LogP) is 2.12. The first-order valence-corrected chi connectivity index (χ1v) is 6.88. The standard InChI is InChI=1S/C17H16N2O4/c1-21-15-4-2-3-14(17(19)20)16(15)23-10-9-22-13-7-5-12(11-18)6-8-13/h2-8H,9-10H2,1H3,(H2,19,20). The number of amides is 1. The number of carbonyl (C=O) groups is 1. The van der Waals surface area contributed by atoms with Crippen LogP contribution in [0.25, 0.3) is 0 Å². The molecule has 1 amide bonds. The van der Waals surface area contributed by atoms with E-state index >= 15 is 0 Å². The average molecular weight is 312 g/mol. The Hall–Kier alpha value is -3.20. The lowest BCUT2D eigenvalue weighted by molar-refractivity contribution is 0.0994. The van der Waals surface area contributed by atoms with E-state index in [1.165, 1.54) is 7.11 Å². The number of methoxy groups -OCH3 is 1. The molecule has 0 bridgehead atoms. The van der Waals surface area contributed by atoms with Crippen LogP contribution in [0.3, 0.4) is 0 Å². The number of para-hydroxylation sites is 1. The summed E-state index contributed by atoms with van der Waals surface area (Å²) in [7, 11) is 1.49. The van der Waals surface area contributed by atoms with Gasteiger partial charge in [0.1, 0.15) is 19.0 Å². The van der Waals surface area contributed by atoms with Gasteiger partial charge in [-0.15, -0.1) is 0 Å². The van der Waals surface area contributed by atoms with Crippen LogP contribution >= 0.6 is 0 Å². The zero-order chi connectivity index (χ0) is 16.7. The van der Waals surface area contributed by atoms with Crippen LogP contribution in [0.4, 0.5) is 0 Å². The van der Waals surface area contributed by atoms with Crippen molar-refractivity contribution < 1.29 is 19.0 Å². The first kappa shape index (κ1) is 16.2. The Labute approximate surface area is 134 Å². The maximum Gasteiger partial charge on any atom is 0.252 e. The Kier molecular flexibility index (Phi) is 5.42. The van der Waals surface area contributed by atoms with Crippen LogP contribution in [-0.2, 0) is 0 Å². The van der Waals surface area contributed by atoms with E-state index in [4.69, 9.17) is 25.2 Å². The predicted molar refractivity (Wildman–Crippen MR) is 83.7 cm³/mol. The molecule has 0 unspecified atom stereocenters. The summed E-state index contributed by atoms with van der Waals surface area (Å²) in [6, 6.07) is 13.7. The second-order valence-corrected chi connectivity index (χ2v) is 4.53. The van der Waals surface area contributed by atoms with Gasteiger partial charge in [-0.1, -0.05) is 6.07 Å². The second-order valence-electron chi connectivity index (χ2n) is 4.53. The van der Waals surface area contributed by atoms with Crippen LogP contribution in [0.5, 0.6) is 17.2 Å². The summed E-state index contributed by atoms with van der Waals surface area (Å²) in [5, 5.41) is 8.73. The number of carbonyl (C=O) groups excluding carboxylic acids is 1. The van der Waals surface area contributed by atoms with Gasteiger partial charge in [-0.2, -0.15) is 5.26 Å². The molecule has 2 aromatic rings. The fourth-order valence-corrected chi connectivity index (χ4v) is 1.95. The Balaban J connectivity index is 1.95. The molecule has 118 valence electrons. The van der Waals surface area contributed by atoms with Crippen molar-refractivity contribution in [1.82, 2.24) is 0 Å².